The highest BCUT2D eigenvalue weighted by Gasteiger charge is 2.14. The molecule has 2 heterocycles. The Hall–Kier alpha value is -0.870. The molecule has 1 aromatic heterocycles. The fourth-order valence-electron chi connectivity index (χ4n) is 1.48. The summed E-state index contributed by atoms with van der Waals surface area (Å²) >= 11 is 5.64. The summed E-state index contributed by atoms with van der Waals surface area (Å²) in [5, 5.41) is 3.50. The van der Waals surface area contributed by atoms with Crippen LogP contribution >= 0.6 is 11.6 Å². The lowest BCUT2D eigenvalue weighted by molar-refractivity contribution is 0.160. The number of halogens is 1. The van der Waals surface area contributed by atoms with E-state index in [9.17, 15) is 0 Å². The van der Waals surface area contributed by atoms with Gasteiger partial charge in [-0.1, -0.05) is 0 Å². The van der Waals surface area contributed by atoms with E-state index in [2.05, 4.69) is 15.3 Å². The molecule has 1 aliphatic rings. The van der Waals surface area contributed by atoms with Crippen molar-refractivity contribution in [1.29, 1.82) is 0 Å². The van der Waals surface area contributed by atoms with Crippen LogP contribution in [0, 0.1) is 0 Å². The maximum Gasteiger partial charge on any atom is 0.225 e. The highest BCUT2D eigenvalue weighted by molar-refractivity contribution is 6.28. The van der Waals surface area contributed by atoms with E-state index < -0.39 is 0 Å². The number of hydrogen-bond acceptors (Lipinski definition) is 4. The number of nitrogens with zero attached hydrogens (tertiary/aromatic N) is 2. The second-order valence-corrected chi connectivity index (χ2v) is 3.59. The van der Waals surface area contributed by atoms with Gasteiger partial charge >= 0.3 is 0 Å². The Morgan fingerprint density at radius 1 is 1.57 bits per heavy atom. The minimum absolute atomic E-state index is 0.203. The van der Waals surface area contributed by atoms with E-state index in [1.54, 1.807) is 12.3 Å². The lowest BCUT2D eigenvalue weighted by atomic mass is 10.1. The number of nitrogens with one attached hydrogen (secondary N) is 1. The number of hydrogen-bond donors (Lipinski definition) is 1. The van der Waals surface area contributed by atoms with Gasteiger partial charge in [0, 0.05) is 18.8 Å². The normalized spacial score (nSPS) is 21.9. The molecule has 76 valence electrons. The summed E-state index contributed by atoms with van der Waals surface area (Å²) in [5.74, 6) is 0.554. The van der Waals surface area contributed by atoms with Crippen LogP contribution in [0.25, 0.3) is 0 Å². The molecule has 1 N–H and O–H groups in total. The molecule has 0 aliphatic carbocycles. The Balaban J connectivity index is 1.95. The molecule has 1 aromatic rings. The van der Waals surface area contributed by atoms with Crippen LogP contribution in [0.2, 0.25) is 5.28 Å². The van der Waals surface area contributed by atoms with Crippen molar-refractivity contribution in [2.75, 3.05) is 13.1 Å². The van der Waals surface area contributed by atoms with Gasteiger partial charge < -0.3 is 10.1 Å². The summed E-state index contributed by atoms with van der Waals surface area (Å²) in [6.45, 7) is 1.95. The van der Waals surface area contributed by atoms with Gasteiger partial charge in [0.15, 0.2) is 0 Å². The molecule has 0 saturated carbocycles. The van der Waals surface area contributed by atoms with Gasteiger partial charge in [0.1, 0.15) is 6.10 Å². The monoisotopic (exact) mass is 213 g/mol. The molecule has 1 atom stereocenters. The zero-order valence-electron chi connectivity index (χ0n) is 7.74. The first-order valence-electron chi connectivity index (χ1n) is 4.70. The van der Waals surface area contributed by atoms with Gasteiger partial charge in [-0.25, -0.2) is 4.98 Å². The van der Waals surface area contributed by atoms with E-state index in [0.29, 0.717) is 5.88 Å². The van der Waals surface area contributed by atoms with Crippen molar-refractivity contribution in [3.05, 3.63) is 17.5 Å². The molecular weight excluding hydrogens is 202 g/mol. The highest BCUT2D eigenvalue weighted by Crippen LogP contribution is 2.13. The molecule has 1 fully saturated rings. The zero-order chi connectivity index (χ0) is 9.80. The molecule has 0 unspecified atom stereocenters. The standard InChI is InChI=1S/C9H12ClN3O/c10-9-12-5-3-8(13-9)14-7-2-1-4-11-6-7/h3,5,7,11H,1-2,4,6H2/t7-/m0/s1. The Morgan fingerprint density at radius 2 is 2.50 bits per heavy atom. The molecule has 0 bridgehead atoms. The Morgan fingerprint density at radius 3 is 3.21 bits per heavy atom. The van der Waals surface area contributed by atoms with Crippen LogP contribution in [0.5, 0.6) is 5.88 Å². The average molecular weight is 214 g/mol. The van der Waals surface area contributed by atoms with E-state index in [4.69, 9.17) is 16.3 Å². The predicted molar refractivity (Wildman–Crippen MR) is 53.6 cm³/mol. The molecule has 0 amide bonds. The van der Waals surface area contributed by atoms with Crippen LogP contribution in [0.15, 0.2) is 12.3 Å². The predicted octanol–water partition coefficient (Wildman–Crippen LogP) is 1.26. The van der Waals surface area contributed by atoms with E-state index in [-0.39, 0.29) is 11.4 Å². The second kappa shape index (κ2) is 4.57. The topological polar surface area (TPSA) is 47.0 Å². The molecule has 14 heavy (non-hydrogen) atoms. The van der Waals surface area contributed by atoms with Crippen molar-refractivity contribution in [2.24, 2.45) is 0 Å². The first-order valence-corrected chi connectivity index (χ1v) is 5.08. The van der Waals surface area contributed by atoms with Gasteiger partial charge in [-0.2, -0.15) is 4.98 Å². The second-order valence-electron chi connectivity index (χ2n) is 3.25. The average Bonchev–Trinajstić information content (AvgIpc) is 2.19. The maximum atomic E-state index is 5.64. The van der Waals surface area contributed by atoms with Gasteiger partial charge in [0.05, 0.1) is 0 Å². The van der Waals surface area contributed by atoms with Crippen molar-refractivity contribution >= 4 is 11.6 Å². The summed E-state index contributed by atoms with van der Waals surface area (Å²) in [6.07, 6.45) is 4.01. The zero-order valence-corrected chi connectivity index (χ0v) is 8.50. The van der Waals surface area contributed by atoms with Gasteiger partial charge in [0.2, 0.25) is 11.2 Å². The van der Waals surface area contributed by atoms with Crippen LogP contribution in [0.3, 0.4) is 0 Å². The largest absolute Gasteiger partial charge is 0.473 e. The fourth-order valence-corrected chi connectivity index (χ4v) is 1.62. The molecule has 0 radical (unpaired) electrons. The van der Waals surface area contributed by atoms with Gasteiger partial charge in [-0.15, -0.1) is 0 Å². The Kier molecular flexibility index (Phi) is 3.16. The first-order chi connectivity index (χ1) is 6.84. The third-order valence-electron chi connectivity index (χ3n) is 2.14. The smallest absolute Gasteiger partial charge is 0.225 e. The fraction of sp³-hybridized carbons (Fsp3) is 0.556. The SMILES string of the molecule is Clc1nccc(O[C@H]2CCCNC2)n1. The molecule has 1 saturated heterocycles. The molecule has 1 aliphatic heterocycles. The highest BCUT2D eigenvalue weighted by atomic mass is 35.5. The van der Waals surface area contributed by atoms with Gasteiger partial charge in [0.25, 0.3) is 0 Å². The van der Waals surface area contributed by atoms with Crippen LogP contribution < -0.4 is 10.1 Å². The van der Waals surface area contributed by atoms with Gasteiger partial charge in [-0.3, -0.25) is 0 Å². The summed E-state index contributed by atoms with van der Waals surface area (Å²) in [7, 11) is 0. The number of rotatable bonds is 2. The third-order valence-corrected chi connectivity index (χ3v) is 2.32. The summed E-state index contributed by atoms with van der Waals surface area (Å²) < 4.78 is 5.64. The lowest BCUT2D eigenvalue weighted by Gasteiger charge is -2.23. The van der Waals surface area contributed by atoms with E-state index in [1.165, 1.54) is 0 Å². The van der Waals surface area contributed by atoms with Crippen molar-refractivity contribution in [3.63, 3.8) is 0 Å². The summed E-state index contributed by atoms with van der Waals surface area (Å²) in [6, 6.07) is 1.72. The minimum Gasteiger partial charge on any atom is -0.473 e. The number of aromatic nitrogens is 2. The van der Waals surface area contributed by atoms with Crippen LogP contribution in [0.4, 0.5) is 0 Å². The van der Waals surface area contributed by atoms with Crippen molar-refractivity contribution in [1.82, 2.24) is 15.3 Å². The van der Waals surface area contributed by atoms with Crippen molar-refractivity contribution < 1.29 is 4.74 Å². The van der Waals surface area contributed by atoms with Crippen LogP contribution in [-0.2, 0) is 0 Å². The Labute approximate surface area is 87.7 Å². The first kappa shape index (κ1) is 9.68. The number of piperidine rings is 1. The minimum atomic E-state index is 0.203. The molecule has 4 nitrogen and oxygen atoms in total. The molecular formula is C9H12ClN3O. The maximum absolute atomic E-state index is 5.64. The summed E-state index contributed by atoms with van der Waals surface area (Å²) in [4.78, 5) is 7.76. The Bertz CT molecular complexity index is 302. The number of ether oxygens (including phenoxy) is 1. The quantitative estimate of drug-likeness (QED) is 0.752. The van der Waals surface area contributed by atoms with Crippen LogP contribution in [0.1, 0.15) is 12.8 Å². The molecule has 0 spiro atoms. The van der Waals surface area contributed by atoms with E-state index >= 15 is 0 Å². The van der Waals surface area contributed by atoms with Crippen molar-refractivity contribution in [3.8, 4) is 5.88 Å². The third kappa shape index (κ3) is 2.56. The van der Waals surface area contributed by atoms with Crippen LogP contribution in [-0.4, -0.2) is 29.2 Å². The van der Waals surface area contributed by atoms with Gasteiger partial charge in [-0.05, 0) is 31.0 Å². The van der Waals surface area contributed by atoms with E-state index in [1.807, 2.05) is 0 Å². The van der Waals surface area contributed by atoms with Crippen molar-refractivity contribution in [2.45, 2.75) is 18.9 Å². The summed E-state index contributed by atoms with van der Waals surface area (Å²) in [5.41, 5.74) is 0. The molecule has 2 rings (SSSR count). The lowest BCUT2D eigenvalue weighted by Crippen LogP contribution is -2.37. The molecule has 0 aromatic carbocycles. The van der Waals surface area contributed by atoms with E-state index in [0.717, 1.165) is 25.9 Å². The molecule has 5 heteroatoms.